The summed E-state index contributed by atoms with van der Waals surface area (Å²) in [6.45, 7) is 0.932. The standard InChI is InChI=1S/C24H22N2O4/c25-20-8-12-23(19(17-20)7-9-21-4-1-2-13-26-21)30-15-3-14-29-22-10-5-18(6-11-22)16-24(27)28/h1-2,4-6,8,10-13,17H,3,14-16,25H2,(H,27,28). The molecule has 152 valence electrons. The van der Waals surface area contributed by atoms with Crippen LogP contribution in [0.3, 0.4) is 0 Å². The number of carbonyl (C=O) groups is 1. The zero-order valence-corrected chi connectivity index (χ0v) is 16.4. The maximum atomic E-state index is 10.7. The lowest BCUT2D eigenvalue weighted by molar-refractivity contribution is -0.136. The van der Waals surface area contributed by atoms with E-state index in [1.807, 2.05) is 18.2 Å². The lowest BCUT2D eigenvalue weighted by Gasteiger charge is -2.10. The fourth-order valence-corrected chi connectivity index (χ4v) is 2.65. The fourth-order valence-electron chi connectivity index (χ4n) is 2.65. The van der Waals surface area contributed by atoms with Gasteiger partial charge in [0, 0.05) is 18.3 Å². The minimum Gasteiger partial charge on any atom is -0.493 e. The van der Waals surface area contributed by atoms with Gasteiger partial charge in [-0.2, -0.15) is 0 Å². The molecule has 0 amide bonds. The van der Waals surface area contributed by atoms with E-state index in [2.05, 4.69) is 16.8 Å². The predicted octanol–water partition coefficient (Wildman–Crippen LogP) is 3.54. The molecule has 0 saturated carbocycles. The number of hydrogen-bond donors (Lipinski definition) is 2. The van der Waals surface area contributed by atoms with E-state index < -0.39 is 5.97 Å². The van der Waals surface area contributed by atoms with Crippen molar-refractivity contribution in [3.05, 3.63) is 83.7 Å². The van der Waals surface area contributed by atoms with Crippen molar-refractivity contribution in [2.75, 3.05) is 18.9 Å². The number of pyridine rings is 1. The van der Waals surface area contributed by atoms with E-state index in [0.717, 1.165) is 5.56 Å². The maximum Gasteiger partial charge on any atom is 0.307 e. The molecule has 3 rings (SSSR count). The van der Waals surface area contributed by atoms with E-state index in [4.69, 9.17) is 20.3 Å². The highest BCUT2D eigenvalue weighted by Gasteiger charge is 2.04. The molecular formula is C24H22N2O4. The summed E-state index contributed by atoms with van der Waals surface area (Å²) in [4.78, 5) is 14.9. The first-order valence-electron chi connectivity index (χ1n) is 9.49. The Hall–Kier alpha value is -3.98. The van der Waals surface area contributed by atoms with Gasteiger partial charge in [0.15, 0.2) is 0 Å². The molecule has 0 atom stereocenters. The van der Waals surface area contributed by atoms with E-state index in [1.165, 1.54) is 0 Å². The lowest BCUT2D eigenvalue weighted by atomic mass is 10.1. The summed E-state index contributed by atoms with van der Waals surface area (Å²) in [5, 5.41) is 8.79. The molecule has 6 nitrogen and oxygen atoms in total. The van der Waals surface area contributed by atoms with Crippen LogP contribution in [0.4, 0.5) is 5.69 Å². The van der Waals surface area contributed by atoms with Gasteiger partial charge in [0.2, 0.25) is 0 Å². The van der Waals surface area contributed by atoms with Gasteiger partial charge >= 0.3 is 5.97 Å². The zero-order chi connectivity index (χ0) is 21.2. The van der Waals surface area contributed by atoms with E-state index >= 15 is 0 Å². The topological polar surface area (TPSA) is 94.7 Å². The Morgan fingerprint density at radius 1 is 1.00 bits per heavy atom. The molecule has 0 aliphatic carbocycles. The van der Waals surface area contributed by atoms with Crippen LogP contribution >= 0.6 is 0 Å². The number of aliphatic carboxylic acids is 1. The van der Waals surface area contributed by atoms with Crippen LogP contribution in [0.25, 0.3) is 0 Å². The number of aromatic nitrogens is 1. The van der Waals surface area contributed by atoms with E-state index in [1.54, 1.807) is 48.7 Å². The largest absolute Gasteiger partial charge is 0.493 e. The summed E-state index contributed by atoms with van der Waals surface area (Å²) in [7, 11) is 0. The molecule has 0 aliphatic heterocycles. The number of carboxylic acid groups (broad SMARTS) is 1. The molecule has 1 heterocycles. The van der Waals surface area contributed by atoms with Crippen LogP contribution in [0.15, 0.2) is 66.9 Å². The highest BCUT2D eigenvalue weighted by atomic mass is 16.5. The number of rotatable bonds is 8. The molecule has 0 unspecified atom stereocenters. The smallest absolute Gasteiger partial charge is 0.307 e. The molecule has 3 N–H and O–H groups in total. The second-order valence-corrected chi connectivity index (χ2v) is 6.49. The molecule has 0 aliphatic rings. The van der Waals surface area contributed by atoms with E-state index in [0.29, 0.717) is 48.1 Å². The highest BCUT2D eigenvalue weighted by molar-refractivity contribution is 5.70. The first-order chi connectivity index (χ1) is 14.6. The third-order valence-electron chi connectivity index (χ3n) is 4.09. The number of nitrogens with zero attached hydrogens (tertiary/aromatic N) is 1. The molecule has 6 heteroatoms. The summed E-state index contributed by atoms with van der Waals surface area (Å²) >= 11 is 0. The minimum atomic E-state index is -0.854. The van der Waals surface area contributed by atoms with Gasteiger partial charge in [-0.3, -0.25) is 4.79 Å². The van der Waals surface area contributed by atoms with Crippen molar-refractivity contribution < 1.29 is 19.4 Å². The Morgan fingerprint density at radius 2 is 1.80 bits per heavy atom. The third-order valence-corrected chi connectivity index (χ3v) is 4.09. The van der Waals surface area contributed by atoms with Crippen molar-refractivity contribution in [3.63, 3.8) is 0 Å². The van der Waals surface area contributed by atoms with Gasteiger partial charge in [-0.15, -0.1) is 0 Å². The van der Waals surface area contributed by atoms with Crippen LogP contribution in [-0.4, -0.2) is 29.3 Å². The van der Waals surface area contributed by atoms with Crippen LogP contribution in [0, 0.1) is 11.8 Å². The Labute approximate surface area is 175 Å². The Bertz CT molecular complexity index is 1040. The van der Waals surface area contributed by atoms with Crippen molar-refractivity contribution in [1.82, 2.24) is 4.98 Å². The molecule has 0 fully saturated rings. The van der Waals surface area contributed by atoms with Crippen LogP contribution in [0.5, 0.6) is 11.5 Å². The monoisotopic (exact) mass is 402 g/mol. The molecule has 30 heavy (non-hydrogen) atoms. The van der Waals surface area contributed by atoms with Crippen LogP contribution < -0.4 is 15.2 Å². The van der Waals surface area contributed by atoms with Gasteiger partial charge in [-0.25, -0.2) is 4.98 Å². The molecule has 0 spiro atoms. The van der Waals surface area contributed by atoms with Crippen molar-refractivity contribution >= 4 is 11.7 Å². The second kappa shape index (κ2) is 10.5. The number of carboxylic acids is 1. The summed E-state index contributed by atoms with van der Waals surface area (Å²) in [5.74, 6) is 6.57. The van der Waals surface area contributed by atoms with Gasteiger partial charge in [-0.05, 0) is 53.9 Å². The van der Waals surface area contributed by atoms with Gasteiger partial charge < -0.3 is 20.3 Å². The molecule has 3 aromatic rings. The Balaban J connectivity index is 1.50. The Morgan fingerprint density at radius 3 is 2.53 bits per heavy atom. The number of nitrogen functional groups attached to an aromatic ring is 1. The van der Waals surface area contributed by atoms with Gasteiger partial charge in [0.1, 0.15) is 17.2 Å². The first-order valence-corrected chi connectivity index (χ1v) is 9.49. The van der Waals surface area contributed by atoms with E-state index in [-0.39, 0.29) is 6.42 Å². The van der Waals surface area contributed by atoms with Crippen LogP contribution in [0.1, 0.15) is 23.2 Å². The van der Waals surface area contributed by atoms with Gasteiger partial charge in [0.05, 0.1) is 25.2 Å². The van der Waals surface area contributed by atoms with Crippen molar-refractivity contribution in [2.24, 2.45) is 0 Å². The van der Waals surface area contributed by atoms with Crippen LogP contribution in [-0.2, 0) is 11.2 Å². The summed E-state index contributed by atoms with van der Waals surface area (Å²) in [6.07, 6.45) is 2.37. The maximum absolute atomic E-state index is 10.7. The number of ether oxygens (including phenoxy) is 2. The highest BCUT2D eigenvalue weighted by Crippen LogP contribution is 2.21. The molecule has 0 bridgehead atoms. The third kappa shape index (κ3) is 6.57. The summed E-state index contributed by atoms with van der Waals surface area (Å²) in [6, 6.07) is 18.0. The second-order valence-electron chi connectivity index (χ2n) is 6.49. The summed E-state index contributed by atoms with van der Waals surface area (Å²) in [5.41, 5.74) is 8.61. The molecule has 0 saturated heterocycles. The molecule has 0 radical (unpaired) electrons. The van der Waals surface area contributed by atoms with Crippen molar-refractivity contribution in [2.45, 2.75) is 12.8 Å². The SMILES string of the molecule is Nc1ccc(OCCCOc2ccc(CC(=O)O)cc2)c(C#Cc2ccccn2)c1. The number of hydrogen-bond acceptors (Lipinski definition) is 5. The van der Waals surface area contributed by atoms with Gasteiger partial charge in [-0.1, -0.05) is 24.1 Å². The lowest BCUT2D eigenvalue weighted by Crippen LogP contribution is -2.06. The quantitative estimate of drug-likeness (QED) is 0.340. The number of anilines is 1. The normalized spacial score (nSPS) is 10.0. The molecule has 2 aromatic carbocycles. The number of nitrogens with two attached hydrogens (primary N) is 1. The number of benzene rings is 2. The molecular weight excluding hydrogens is 380 g/mol. The van der Waals surface area contributed by atoms with Gasteiger partial charge in [0.25, 0.3) is 0 Å². The Kier molecular flexibility index (Phi) is 7.28. The average molecular weight is 402 g/mol. The van der Waals surface area contributed by atoms with E-state index in [9.17, 15) is 4.79 Å². The first kappa shape index (κ1) is 20.7. The zero-order valence-electron chi connectivity index (χ0n) is 16.4. The predicted molar refractivity (Wildman–Crippen MR) is 114 cm³/mol. The average Bonchev–Trinajstić information content (AvgIpc) is 2.74. The van der Waals surface area contributed by atoms with Crippen molar-refractivity contribution in [3.8, 4) is 23.3 Å². The minimum absolute atomic E-state index is 0.00126. The molecule has 1 aromatic heterocycles. The van der Waals surface area contributed by atoms with Crippen molar-refractivity contribution in [1.29, 1.82) is 0 Å². The fraction of sp³-hybridized carbons (Fsp3) is 0.167. The summed E-state index contributed by atoms with van der Waals surface area (Å²) < 4.78 is 11.5. The van der Waals surface area contributed by atoms with Crippen LogP contribution in [0.2, 0.25) is 0 Å².